The summed E-state index contributed by atoms with van der Waals surface area (Å²) in [4.78, 5) is 13.3. The quantitative estimate of drug-likeness (QED) is 0.797. The second-order valence-electron chi connectivity index (χ2n) is 11.5. The highest BCUT2D eigenvalue weighted by Gasteiger charge is 2.58. The van der Waals surface area contributed by atoms with Crippen molar-refractivity contribution in [2.45, 2.75) is 90.7 Å². The molecule has 4 fully saturated rings. The van der Waals surface area contributed by atoms with Gasteiger partial charge >= 0.3 is 0 Å². The fourth-order valence-electron chi connectivity index (χ4n) is 8.43. The Kier molecular flexibility index (Phi) is 4.73. The summed E-state index contributed by atoms with van der Waals surface area (Å²) in [6, 6.07) is 0. The van der Waals surface area contributed by atoms with Crippen LogP contribution >= 0.6 is 0 Å². The maximum absolute atomic E-state index is 13.3. The van der Waals surface area contributed by atoms with E-state index >= 15 is 0 Å². The number of hydrogen-bond acceptors (Lipinski definition) is 3. The van der Waals surface area contributed by atoms with Crippen LogP contribution in [-0.2, 0) is 11.3 Å². The molecule has 1 aromatic heterocycles. The Labute approximate surface area is 175 Å². The van der Waals surface area contributed by atoms with Gasteiger partial charge < -0.3 is 5.11 Å². The molecule has 4 unspecified atom stereocenters. The summed E-state index contributed by atoms with van der Waals surface area (Å²) in [7, 11) is 0. The van der Waals surface area contributed by atoms with Gasteiger partial charge in [-0.1, -0.05) is 6.92 Å². The van der Waals surface area contributed by atoms with Crippen molar-refractivity contribution in [3.63, 3.8) is 0 Å². The van der Waals surface area contributed by atoms with Gasteiger partial charge in [0.2, 0.25) is 0 Å². The second-order valence-corrected chi connectivity index (χ2v) is 11.5. The molecule has 0 aliphatic heterocycles. The molecule has 1 N–H and O–H groups in total. The lowest BCUT2D eigenvalue weighted by molar-refractivity contribution is -0.133. The lowest BCUT2D eigenvalue weighted by Crippen LogP contribution is -2.51. The Hall–Kier alpha value is -1.16. The average Bonchev–Trinajstić information content (AvgIpc) is 3.22. The summed E-state index contributed by atoms with van der Waals surface area (Å²) < 4.78 is 1.83. The molecule has 160 valence electrons. The number of aryl methyl sites for hydroxylation is 1. The van der Waals surface area contributed by atoms with E-state index in [1.807, 2.05) is 30.9 Å². The van der Waals surface area contributed by atoms with Crippen LogP contribution in [0.15, 0.2) is 12.4 Å². The van der Waals surface area contributed by atoms with E-state index in [0.717, 1.165) is 54.4 Å². The fourth-order valence-corrected chi connectivity index (χ4v) is 8.43. The van der Waals surface area contributed by atoms with Crippen molar-refractivity contribution in [1.82, 2.24) is 9.78 Å². The van der Waals surface area contributed by atoms with Crippen LogP contribution in [0.1, 0.15) is 77.2 Å². The minimum Gasteiger partial charge on any atom is -0.390 e. The number of rotatable bonds is 3. The van der Waals surface area contributed by atoms with Crippen molar-refractivity contribution in [2.75, 3.05) is 0 Å². The number of nitrogens with zero attached hydrogens (tertiary/aromatic N) is 2. The number of carbonyl (C=O) groups is 1. The SMILES string of the molecule is Cc1cnn(CC(=O)[C@H]2CC[C@H]3C4CCC5C[C@](C)(O)CCC5[C@H]4CCC23C)c1. The standard InChI is InChI=1S/C25H38N2O2/c1-16-13-26-27(14-16)15-23(28)22-7-6-21-20-5-4-17-12-24(2,29)10-8-18(17)19(20)9-11-25(21,22)3/h13-14,17-22,29H,4-12,15H2,1-3H3/t17?,18?,19-,20?,21+,22-,24-,25?/m1/s1. The third kappa shape index (κ3) is 3.30. The van der Waals surface area contributed by atoms with Crippen molar-refractivity contribution in [1.29, 1.82) is 0 Å². The molecule has 0 amide bonds. The van der Waals surface area contributed by atoms with Crippen molar-refractivity contribution < 1.29 is 9.90 Å². The Morgan fingerprint density at radius 3 is 2.66 bits per heavy atom. The third-order valence-electron chi connectivity index (χ3n) is 9.71. The zero-order valence-electron chi connectivity index (χ0n) is 18.4. The lowest BCUT2D eigenvalue weighted by atomic mass is 9.49. The first-order valence-corrected chi connectivity index (χ1v) is 12.0. The molecular formula is C25H38N2O2. The molecule has 0 spiro atoms. The number of ketones is 1. The molecule has 4 saturated carbocycles. The summed E-state index contributed by atoms with van der Waals surface area (Å²) in [6.45, 7) is 6.95. The molecule has 1 aromatic rings. The largest absolute Gasteiger partial charge is 0.390 e. The zero-order chi connectivity index (χ0) is 20.4. The number of aliphatic hydroxyl groups is 1. The smallest absolute Gasteiger partial charge is 0.157 e. The molecule has 0 radical (unpaired) electrons. The van der Waals surface area contributed by atoms with Crippen LogP contribution in [0.25, 0.3) is 0 Å². The molecule has 4 nitrogen and oxygen atoms in total. The van der Waals surface area contributed by atoms with Crippen LogP contribution in [0, 0.1) is 47.8 Å². The minimum absolute atomic E-state index is 0.188. The third-order valence-corrected chi connectivity index (χ3v) is 9.71. The molecule has 0 bridgehead atoms. The van der Waals surface area contributed by atoms with Crippen LogP contribution < -0.4 is 0 Å². The predicted octanol–water partition coefficient (Wildman–Crippen LogP) is 4.78. The van der Waals surface area contributed by atoms with E-state index in [4.69, 9.17) is 0 Å². The number of carbonyl (C=O) groups excluding carboxylic acids is 1. The summed E-state index contributed by atoms with van der Waals surface area (Å²) in [5, 5.41) is 14.9. The summed E-state index contributed by atoms with van der Waals surface area (Å²) in [5.41, 5.74) is 0.873. The van der Waals surface area contributed by atoms with Crippen molar-refractivity contribution in [3.05, 3.63) is 18.0 Å². The number of aromatic nitrogens is 2. The van der Waals surface area contributed by atoms with Gasteiger partial charge in [-0.3, -0.25) is 9.48 Å². The monoisotopic (exact) mass is 398 g/mol. The van der Waals surface area contributed by atoms with E-state index in [9.17, 15) is 9.90 Å². The molecule has 0 saturated heterocycles. The topological polar surface area (TPSA) is 55.1 Å². The van der Waals surface area contributed by atoms with Gasteiger partial charge in [-0.2, -0.15) is 5.10 Å². The maximum Gasteiger partial charge on any atom is 0.157 e. The van der Waals surface area contributed by atoms with Gasteiger partial charge in [0.1, 0.15) is 0 Å². The minimum atomic E-state index is -0.438. The molecular weight excluding hydrogens is 360 g/mol. The van der Waals surface area contributed by atoms with E-state index in [1.165, 1.54) is 38.5 Å². The molecule has 4 aliphatic rings. The molecule has 4 heteroatoms. The normalized spacial score (nSPS) is 46.6. The summed E-state index contributed by atoms with van der Waals surface area (Å²) >= 11 is 0. The molecule has 0 aromatic carbocycles. The fraction of sp³-hybridized carbons (Fsp3) is 0.840. The maximum atomic E-state index is 13.3. The summed E-state index contributed by atoms with van der Waals surface area (Å²) in [5.74, 6) is 4.53. The van der Waals surface area contributed by atoms with E-state index in [-0.39, 0.29) is 11.3 Å². The van der Waals surface area contributed by atoms with E-state index < -0.39 is 5.60 Å². The van der Waals surface area contributed by atoms with E-state index in [0.29, 0.717) is 12.3 Å². The molecule has 1 heterocycles. The Morgan fingerprint density at radius 2 is 1.90 bits per heavy atom. The highest BCUT2D eigenvalue weighted by molar-refractivity contribution is 5.82. The molecule has 5 rings (SSSR count). The lowest BCUT2D eigenvalue weighted by Gasteiger charge is -2.56. The average molecular weight is 399 g/mol. The van der Waals surface area contributed by atoms with Crippen LogP contribution in [0.4, 0.5) is 0 Å². The first-order chi connectivity index (χ1) is 13.8. The van der Waals surface area contributed by atoms with E-state index in [1.54, 1.807) is 0 Å². The first kappa shape index (κ1) is 19.8. The Morgan fingerprint density at radius 1 is 1.10 bits per heavy atom. The van der Waals surface area contributed by atoms with Gasteiger partial charge in [-0.15, -0.1) is 0 Å². The van der Waals surface area contributed by atoms with Gasteiger partial charge in [-0.25, -0.2) is 0 Å². The van der Waals surface area contributed by atoms with Gasteiger partial charge in [-0.05, 0) is 112 Å². The van der Waals surface area contributed by atoms with Crippen molar-refractivity contribution >= 4 is 5.78 Å². The van der Waals surface area contributed by atoms with Gasteiger partial charge in [0.25, 0.3) is 0 Å². The molecule has 8 atom stereocenters. The first-order valence-electron chi connectivity index (χ1n) is 12.0. The number of Topliss-reactive ketones (excluding diaryl/α,β-unsaturated/α-hetero) is 1. The van der Waals surface area contributed by atoms with Crippen LogP contribution in [0.2, 0.25) is 0 Å². The van der Waals surface area contributed by atoms with Crippen molar-refractivity contribution in [3.8, 4) is 0 Å². The zero-order valence-corrected chi connectivity index (χ0v) is 18.4. The number of hydrogen-bond donors (Lipinski definition) is 1. The molecule has 4 aliphatic carbocycles. The van der Waals surface area contributed by atoms with Crippen LogP contribution in [-0.4, -0.2) is 26.3 Å². The predicted molar refractivity (Wildman–Crippen MR) is 113 cm³/mol. The van der Waals surface area contributed by atoms with Gasteiger partial charge in [0, 0.05) is 12.1 Å². The molecule has 29 heavy (non-hydrogen) atoms. The van der Waals surface area contributed by atoms with Crippen LogP contribution in [0.5, 0.6) is 0 Å². The Bertz CT molecular complexity index is 784. The van der Waals surface area contributed by atoms with Crippen molar-refractivity contribution in [2.24, 2.45) is 40.9 Å². The van der Waals surface area contributed by atoms with Gasteiger partial charge in [0.15, 0.2) is 5.78 Å². The number of fused-ring (bicyclic) bond motifs is 5. The Balaban J connectivity index is 1.31. The highest BCUT2D eigenvalue weighted by atomic mass is 16.3. The van der Waals surface area contributed by atoms with E-state index in [2.05, 4.69) is 12.0 Å². The van der Waals surface area contributed by atoms with Gasteiger partial charge in [0.05, 0.1) is 18.3 Å². The summed E-state index contributed by atoms with van der Waals surface area (Å²) in [6.07, 6.45) is 14.5. The second kappa shape index (κ2) is 6.93. The van der Waals surface area contributed by atoms with Crippen LogP contribution in [0.3, 0.4) is 0 Å². The highest BCUT2D eigenvalue weighted by Crippen LogP contribution is 2.64.